The van der Waals surface area contributed by atoms with Crippen molar-refractivity contribution in [1.29, 1.82) is 0 Å². The van der Waals surface area contributed by atoms with Gasteiger partial charge < -0.3 is 4.74 Å². The Hall–Kier alpha value is -1.43. The minimum Gasteiger partial charge on any atom is -0.494 e. The van der Waals surface area contributed by atoms with Crippen molar-refractivity contribution in [3.05, 3.63) is 45.4 Å². The summed E-state index contributed by atoms with van der Waals surface area (Å²) in [5.41, 5.74) is 5.11. The molecule has 0 aliphatic carbocycles. The maximum atomic E-state index is 5.73. The van der Waals surface area contributed by atoms with Crippen molar-refractivity contribution < 1.29 is 4.74 Å². The third-order valence-electron chi connectivity index (χ3n) is 3.39. The summed E-state index contributed by atoms with van der Waals surface area (Å²) in [6.45, 7) is 6.97. The van der Waals surface area contributed by atoms with Gasteiger partial charge in [-0.15, -0.1) is 11.3 Å². The van der Waals surface area contributed by atoms with E-state index in [4.69, 9.17) is 10.6 Å². The molecule has 0 radical (unpaired) electrons. The van der Waals surface area contributed by atoms with Gasteiger partial charge in [-0.05, 0) is 38.0 Å². The summed E-state index contributed by atoms with van der Waals surface area (Å²) in [6.07, 6.45) is 1.79. The minimum atomic E-state index is 0.0418. The number of hydrogen-bond acceptors (Lipinski definition) is 5. The van der Waals surface area contributed by atoms with Crippen LogP contribution in [0.5, 0.6) is 5.75 Å². The number of nitrogens with zero attached hydrogens (tertiary/aromatic N) is 1. The van der Waals surface area contributed by atoms with E-state index in [1.807, 2.05) is 25.1 Å². The molecule has 2 aromatic rings. The van der Waals surface area contributed by atoms with Gasteiger partial charge in [0.15, 0.2) is 0 Å². The summed E-state index contributed by atoms with van der Waals surface area (Å²) >= 11 is 1.73. The maximum Gasteiger partial charge on any atom is 0.119 e. The van der Waals surface area contributed by atoms with E-state index < -0.39 is 0 Å². The smallest absolute Gasteiger partial charge is 0.119 e. The summed E-state index contributed by atoms with van der Waals surface area (Å²) in [6, 6.07) is 8.14. The number of benzene rings is 1. The number of aromatic nitrogens is 1. The number of hydrazine groups is 1. The van der Waals surface area contributed by atoms with Gasteiger partial charge in [-0.1, -0.05) is 19.1 Å². The van der Waals surface area contributed by atoms with E-state index in [2.05, 4.69) is 30.3 Å². The first-order valence-corrected chi connectivity index (χ1v) is 8.07. The molecule has 1 unspecified atom stereocenters. The van der Waals surface area contributed by atoms with Gasteiger partial charge in [-0.2, -0.15) is 0 Å². The van der Waals surface area contributed by atoms with Crippen LogP contribution in [0.1, 0.15) is 40.5 Å². The molecule has 1 aromatic carbocycles. The predicted molar refractivity (Wildman–Crippen MR) is 87.6 cm³/mol. The number of rotatable bonds is 7. The van der Waals surface area contributed by atoms with E-state index in [0.29, 0.717) is 0 Å². The Balaban J connectivity index is 2.13. The fourth-order valence-corrected chi connectivity index (χ4v) is 3.09. The van der Waals surface area contributed by atoms with Crippen molar-refractivity contribution in [3.63, 3.8) is 0 Å². The van der Waals surface area contributed by atoms with Crippen LogP contribution in [-0.2, 0) is 6.42 Å². The first kappa shape index (κ1) is 15.9. The van der Waals surface area contributed by atoms with E-state index in [9.17, 15) is 0 Å². The molecular weight excluding hydrogens is 282 g/mol. The van der Waals surface area contributed by atoms with Crippen LogP contribution in [0.25, 0.3) is 0 Å². The number of nitrogens with one attached hydrogen (secondary N) is 1. The second kappa shape index (κ2) is 7.54. The zero-order valence-corrected chi connectivity index (χ0v) is 13.7. The molecule has 0 saturated carbocycles. The van der Waals surface area contributed by atoms with Crippen LogP contribution >= 0.6 is 11.3 Å². The lowest BCUT2D eigenvalue weighted by Gasteiger charge is -2.16. The Labute approximate surface area is 130 Å². The van der Waals surface area contributed by atoms with Crippen molar-refractivity contribution in [1.82, 2.24) is 10.4 Å². The number of hydrogen-bond donors (Lipinski definition) is 2. The number of thiazole rings is 1. The molecular formula is C16H23N3OS. The first-order valence-electron chi connectivity index (χ1n) is 7.25. The predicted octanol–water partition coefficient (Wildman–Crippen LogP) is 3.30. The monoisotopic (exact) mass is 305 g/mol. The molecule has 5 heteroatoms. The highest BCUT2D eigenvalue weighted by Crippen LogP contribution is 2.25. The second-order valence-corrected chi connectivity index (χ2v) is 6.38. The lowest BCUT2D eigenvalue weighted by atomic mass is 10.0. The van der Waals surface area contributed by atoms with Crippen molar-refractivity contribution in [2.45, 2.75) is 39.7 Å². The van der Waals surface area contributed by atoms with E-state index >= 15 is 0 Å². The van der Waals surface area contributed by atoms with Gasteiger partial charge in [0.1, 0.15) is 5.75 Å². The maximum absolute atomic E-state index is 5.73. The van der Waals surface area contributed by atoms with Crippen molar-refractivity contribution in [3.8, 4) is 5.75 Å². The summed E-state index contributed by atoms with van der Waals surface area (Å²) in [5.74, 6) is 6.62. The lowest BCUT2D eigenvalue weighted by Crippen LogP contribution is -2.29. The Kier molecular flexibility index (Phi) is 5.73. The summed E-state index contributed by atoms with van der Waals surface area (Å²) in [7, 11) is 0. The van der Waals surface area contributed by atoms with Gasteiger partial charge >= 0.3 is 0 Å². The van der Waals surface area contributed by atoms with Gasteiger partial charge in [0.25, 0.3) is 0 Å². The molecule has 0 fully saturated rings. The molecule has 1 aromatic heterocycles. The molecule has 0 aliphatic heterocycles. The van der Waals surface area contributed by atoms with E-state index in [0.717, 1.165) is 41.5 Å². The van der Waals surface area contributed by atoms with Crippen molar-refractivity contribution >= 4 is 11.3 Å². The van der Waals surface area contributed by atoms with Crippen molar-refractivity contribution in [2.75, 3.05) is 6.61 Å². The zero-order valence-electron chi connectivity index (χ0n) is 12.8. The molecule has 114 valence electrons. The normalized spacial score (nSPS) is 12.4. The van der Waals surface area contributed by atoms with Gasteiger partial charge in [0.2, 0.25) is 0 Å². The number of nitrogens with two attached hydrogens (primary N) is 1. The van der Waals surface area contributed by atoms with E-state index in [-0.39, 0.29) is 6.04 Å². The molecule has 1 heterocycles. The molecule has 0 aliphatic rings. The highest BCUT2D eigenvalue weighted by Gasteiger charge is 2.14. The van der Waals surface area contributed by atoms with Crippen LogP contribution in [0.4, 0.5) is 0 Å². The van der Waals surface area contributed by atoms with Gasteiger partial charge in [-0.3, -0.25) is 11.3 Å². The molecule has 0 saturated heterocycles. The van der Waals surface area contributed by atoms with Crippen LogP contribution in [0.2, 0.25) is 0 Å². The highest BCUT2D eigenvalue weighted by atomic mass is 32.1. The third-order valence-corrected chi connectivity index (χ3v) is 4.48. The molecule has 21 heavy (non-hydrogen) atoms. The molecule has 0 bridgehead atoms. The standard InChI is InChI=1S/C16H23N3OS/c1-4-8-20-14-7-5-6-13(9-14)15(19-17)10-16-18-11(2)12(3)21-16/h5-7,9,15,19H,4,8,10,17H2,1-3H3. The first-order chi connectivity index (χ1) is 10.1. The molecule has 4 nitrogen and oxygen atoms in total. The summed E-state index contributed by atoms with van der Waals surface area (Å²) in [4.78, 5) is 5.85. The quantitative estimate of drug-likeness (QED) is 0.609. The minimum absolute atomic E-state index is 0.0418. The highest BCUT2D eigenvalue weighted by molar-refractivity contribution is 7.11. The van der Waals surface area contributed by atoms with E-state index in [1.54, 1.807) is 11.3 Å². The Morgan fingerprint density at radius 1 is 1.38 bits per heavy atom. The number of aryl methyl sites for hydroxylation is 2. The second-order valence-electron chi connectivity index (χ2n) is 5.09. The van der Waals surface area contributed by atoms with Crippen molar-refractivity contribution in [2.24, 2.45) is 5.84 Å². The molecule has 2 rings (SSSR count). The molecule has 0 amide bonds. The van der Waals surface area contributed by atoms with Crippen LogP contribution in [0.3, 0.4) is 0 Å². The number of ether oxygens (including phenoxy) is 1. The summed E-state index contributed by atoms with van der Waals surface area (Å²) in [5, 5.41) is 1.10. The van der Waals surface area contributed by atoms with Crippen LogP contribution in [-0.4, -0.2) is 11.6 Å². The largest absolute Gasteiger partial charge is 0.494 e. The Morgan fingerprint density at radius 2 is 2.19 bits per heavy atom. The van der Waals surface area contributed by atoms with Gasteiger partial charge in [-0.25, -0.2) is 4.98 Å². The van der Waals surface area contributed by atoms with Crippen LogP contribution < -0.4 is 16.0 Å². The SMILES string of the molecule is CCCOc1cccc(C(Cc2nc(C)c(C)s2)NN)c1. The third kappa shape index (κ3) is 4.27. The topological polar surface area (TPSA) is 60.2 Å². The van der Waals surface area contributed by atoms with E-state index in [1.165, 1.54) is 4.88 Å². The molecule has 3 N–H and O–H groups in total. The molecule has 0 spiro atoms. The zero-order chi connectivity index (χ0) is 15.2. The average Bonchev–Trinajstić information content (AvgIpc) is 2.81. The fraction of sp³-hybridized carbons (Fsp3) is 0.438. The van der Waals surface area contributed by atoms with Gasteiger partial charge in [0.05, 0.1) is 23.4 Å². The Bertz CT molecular complexity index is 563. The lowest BCUT2D eigenvalue weighted by molar-refractivity contribution is 0.316. The van der Waals surface area contributed by atoms with Crippen LogP contribution in [0.15, 0.2) is 24.3 Å². The summed E-state index contributed by atoms with van der Waals surface area (Å²) < 4.78 is 5.68. The Morgan fingerprint density at radius 3 is 2.81 bits per heavy atom. The fourth-order valence-electron chi connectivity index (χ4n) is 2.12. The van der Waals surface area contributed by atoms with Gasteiger partial charge in [0, 0.05) is 11.3 Å². The molecule has 1 atom stereocenters. The van der Waals surface area contributed by atoms with Crippen LogP contribution in [0, 0.1) is 13.8 Å². The average molecular weight is 305 g/mol.